The zero-order valence-corrected chi connectivity index (χ0v) is 45.6. The Kier molecular flexibility index (Phi) is 24.7. The van der Waals surface area contributed by atoms with Gasteiger partial charge in [0.15, 0.2) is 15.5 Å². The van der Waals surface area contributed by atoms with Crippen molar-refractivity contribution in [3.8, 4) is 0 Å². The lowest BCUT2D eigenvalue weighted by atomic mass is 9.87. The van der Waals surface area contributed by atoms with Gasteiger partial charge >= 0.3 is 4.96 Å². The molecule has 0 amide bonds. The number of aliphatic hydroxyl groups is 9. The van der Waals surface area contributed by atoms with Gasteiger partial charge in [-0.3, -0.25) is 15.0 Å². The van der Waals surface area contributed by atoms with Crippen LogP contribution >= 0.6 is 69.7 Å². The molecule has 0 saturated carbocycles. The number of ether oxygens (including phenoxy) is 5. The van der Waals surface area contributed by atoms with Crippen molar-refractivity contribution in [3.63, 3.8) is 0 Å². The third-order valence-corrected chi connectivity index (χ3v) is 15.9. The Balaban J connectivity index is 0.000000206. The SMILES string of the molecule is CN(C)C1=N[C@@H]2[C@@H](O)[C@H](O)[C@@H]([C@@H](O)CO)O[C@@H]2S1.CN(C)C1=N[C@@H]2[C@@H](O)[C@H](O)[C@@H]([C@H](O)CO)O[C@@H]2S1.C[C@H]1[C@H](OCc2ccccc2)[C@H]2N=C(N(C)C)S[C@H]2O[C@@H]1C(CO)OCc1ccccc1.ClB(Cl)Cl. The summed E-state index contributed by atoms with van der Waals surface area (Å²) in [6, 6.07) is 19.0. The van der Waals surface area contributed by atoms with Crippen LogP contribution in [0.3, 0.4) is 0 Å². The van der Waals surface area contributed by atoms with E-state index in [0.29, 0.717) is 23.5 Å². The van der Waals surface area contributed by atoms with E-state index in [-0.39, 0.29) is 36.2 Å². The van der Waals surface area contributed by atoms with E-state index in [4.69, 9.17) is 73.3 Å². The van der Waals surface area contributed by atoms with Gasteiger partial charge in [-0.2, -0.15) is 34.4 Å². The molecule has 1 unspecified atom stereocenters. The van der Waals surface area contributed by atoms with Crippen LogP contribution in [0.4, 0.5) is 0 Å². The van der Waals surface area contributed by atoms with Gasteiger partial charge in [0.2, 0.25) is 0 Å². The van der Waals surface area contributed by atoms with Crippen molar-refractivity contribution in [3.05, 3.63) is 71.8 Å². The van der Waals surface area contributed by atoms with Crippen LogP contribution in [0.5, 0.6) is 0 Å². The van der Waals surface area contributed by atoms with E-state index in [9.17, 15) is 35.7 Å². The Hall–Kier alpha value is -1.73. The molecular formula is C45H68BCl3N6O14S3. The summed E-state index contributed by atoms with van der Waals surface area (Å²) < 4.78 is 30.1. The molecule has 72 heavy (non-hydrogen) atoms. The highest BCUT2D eigenvalue weighted by atomic mass is 35.6. The molecule has 20 nitrogen and oxygen atoms in total. The van der Waals surface area contributed by atoms with E-state index in [1.807, 2.05) is 95.7 Å². The Morgan fingerprint density at radius 1 is 0.569 bits per heavy atom. The minimum atomic E-state index is -1.26. The van der Waals surface area contributed by atoms with Crippen LogP contribution in [0.1, 0.15) is 18.1 Å². The lowest BCUT2D eigenvalue weighted by Crippen LogP contribution is -2.58. The summed E-state index contributed by atoms with van der Waals surface area (Å²) in [4.78, 5) is 18.3. The van der Waals surface area contributed by atoms with E-state index >= 15 is 0 Å². The lowest BCUT2D eigenvalue weighted by Gasteiger charge is -2.44. The summed E-state index contributed by atoms with van der Waals surface area (Å²) in [5.41, 5.74) is 1.13. The first kappa shape index (κ1) is 61.1. The number of nitrogens with zero attached hydrogens (tertiary/aromatic N) is 6. The number of hydrogen-bond acceptors (Lipinski definition) is 23. The number of hydrogen-bond donors (Lipinski definition) is 9. The van der Waals surface area contributed by atoms with E-state index in [0.717, 1.165) is 16.3 Å². The van der Waals surface area contributed by atoms with E-state index in [2.05, 4.69) is 29.0 Å². The van der Waals surface area contributed by atoms with Crippen LogP contribution in [-0.4, -0.2) is 245 Å². The fourth-order valence-electron chi connectivity index (χ4n) is 8.22. The van der Waals surface area contributed by atoms with Gasteiger partial charge in [0.1, 0.15) is 89.4 Å². The topological polar surface area (TPSA) is 275 Å². The normalized spacial score (nSPS) is 33.5. The van der Waals surface area contributed by atoms with Crippen molar-refractivity contribution in [1.29, 1.82) is 0 Å². The van der Waals surface area contributed by atoms with E-state index < -0.39 is 96.1 Å². The molecule has 6 aliphatic rings. The van der Waals surface area contributed by atoms with Gasteiger partial charge in [0.05, 0.1) is 45.2 Å². The van der Waals surface area contributed by atoms with Crippen molar-refractivity contribution in [2.75, 3.05) is 62.1 Å². The van der Waals surface area contributed by atoms with Crippen LogP contribution in [0, 0.1) is 5.92 Å². The molecule has 8 rings (SSSR count). The molecule has 0 aliphatic carbocycles. The van der Waals surface area contributed by atoms with E-state index in [1.54, 1.807) is 21.6 Å². The second kappa shape index (κ2) is 29.1. The minimum absolute atomic E-state index is 0.00116. The summed E-state index contributed by atoms with van der Waals surface area (Å²) in [7, 11) is 11.3. The van der Waals surface area contributed by atoms with Gasteiger partial charge < -0.3 is 84.3 Å². The summed E-state index contributed by atoms with van der Waals surface area (Å²) in [6.07, 6.45) is -10.1. The van der Waals surface area contributed by atoms with Crippen LogP contribution in [0.15, 0.2) is 75.6 Å². The van der Waals surface area contributed by atoms with Crippen molar-refractivity contribution < 1.29 is 69.6 Å². The molecular weight excluding hydrogens is 1060 g/mol. The maximum Gasteiger partial charge on any atom is 0.450 e. The number of halogens is 3. The third kappa shape index (κ3) is 16.2. The van der Waals surface area contributed by atoms with E-state index in [1.165, 1.54) is 23.5 Å². The largest absolute Gasteiger partial charge is 0.450 e. The molecule has 2 aromatic carbocycles. The first-order chi connectivity index (χ1) is 34.2. The first-order valence-corrected chi connectivity index (χ1v) is 27.0. The quantitative estimate of drug-likeness (QED) is 0.133. The molecule has 0 spiro atoms. The van der Waals surface area contributed by atoms with Gasteiger partial charge in [-0.25, -0.2) is 0 Å². The zero-order valence-electron chi connectivity index (χ0n) is 40.9. The Labute approximate surface area is 448 Å². The number of amidine groups is 3. The molecule has 18 atom stereocenters. The molecule has 404 valence electrons. The molecule has 0 radical (unpaired) electrons. The highest BCUT2D eigenvalue weighted by molar-refractivity contribution is 8.15. The Bertz CT molecular complexity index is 1970. The average molecular weight is 1130 g/mol. The summed E-state index contributed by atoms with van der Waals surface area (Å²) in [6.45, 7) is 1.87. The van der Waals surface area contributed by atoms with Crippen molar-refractivity contribution in [1.82, 2.24) is 14.7 Å². The van der Waals surface area contributed by atoms with Gasteiger partial charge in [0.25, 0.3) is 0 Å². The number of fused-ring (bicyclic) bond motifs is 3. The lowest BCUT2D eigenvalue weighted by molar-refractivity contribution is -0.190. The number of aliphatic hydroxyl groups excluding tert-OH is 9. The highest BCUT2D eigenvalue weighted by Gasteiger charge is 2.53. The fraction of sp³-hybridized carbons (Fsp3) is 0.667. The summed E-state index contributed by atoms with van der Waals surface area (Å²) in [5.74, 6) is -0.00116. The second-order valence-electron chi connectivity index (χ2n) is 18.0. The second-order valence-corrected chi connectivity index (χ2v) is 23.2. The Morgan fingerprint density at radius 3 is 1.31 bits per heavy atom. The van der Waals surface area contributed by atoms with Crippen molar-refractivity contribution >= 4 is 90.1 Å². The minimum Gasteiger partial charge on any atom is -0.394 e. The average Bonchev–Trinajstić information content (AvgIpc) is 4.12. The third-order valence-electron chi connectivity index (χ3n) is 12.0. The standard InChI is InChI=1S/C25H32N2O4S.2C10H18N2O5S.BCl3/c1-17-22(20(14-28)29-15-18-10-6-4-7-11-18)31-24-21(26-25(32-24)27(2)3)23(17)30-16-19-12-8-5-9-13-19;2*1-12(2)10-11-5-6(15)7(16)8(4(14)3-13)17-9(5)18-10;2-1(3)4/h4-13,17,20-24,28H,14-16H2,1-3H3;2*4-9,13-16H,3H2,1-2H3;/t17-,20?,21-,22+,23+,24-;4-,5+,6+,7-,8+,9+;4-,5-,6-,7+,8-,9-;/m101./s1. The smallest absolute Gasteiger partial charge is 0.394 e. The molecule has 2 aromatic rings. The summed E-state index contributed by atoms with van der Waals surface area (Å²) >= 11 is 18.7. The van der Waals surface area contributed by atoms with Gasteiger partial charge in [-0.15, -0.1) is 0 Å². The number of rotatable bonds is 12. The highest BCUT2D eigenvalue weighted by Crippen LogP contribution is 2.43. The van der Waals surface area contributed by atoms with Crippen molar-refractivity contribution in [2.24, 2.45) is 20.9 Å². The zero-order chi connectivity index (χ0) is 53.0. The molecule has 9 N–H and O–H groups in total. The van der Waals surface area contributed by atoms with Gasteiger partial charge in [0, 0.05) is 48.2 Å². The molecule has 3 saturated heterocycles. The molecule has 0 aromatic heterocycles. The molecule has 6 heterocycles. The maximum atomic E-state index is 10.2. The number of benzene rings is 2. The molecule has 6 aliphatic heterocycles. The van der Waals surface area contributed by atoms with Gasteiger partial charge in [-0.1, -0.05) is 103 Å². The number of aliphatic imine (C=N–C) groups is 3. The Morgan fingerprint density at radius 2 is 0.931 bits per heavy atom. The molecule has 3 fully saturated rings. The van der Waals surface area contributed by atoms with Crippen LogP contribution in [0.2, 0.25) is 0 Å². The molecule has 27 heteroatoms. The first-order valence-electron chi connectivity index (χ1n) is 23.1. The van der Waals surface area contributed by atoms with Crippen LogP contribution in [-0.2, 0) is 36.9 Å². The fourth-order valence-corrected chi connectivity index (χ4v) is 11.7. The molecule has 0 bridgehead atoms. The predicted octanol–water partition coefficient (Wildman–Crippen LogP) is 0.870. The maximum absolute atomic E-state index is 10.2. The van der Waals surface area contributed by atoms with Gasteiger partial charge in [-0.05, 0) is 11.1 Å². The number of thioether (sulfide) groups is 3. The summed E-state index contributed by atoms with van der Waals surface area (Å²) in [5, 5.41) is 89.2. The monoisotopic (exact) mass is 1130 g/mol. The van der Waals surface area contributed by atoms with Crippen LogP contribution in [0.25, 0.3) is 0 Å². The predicted molar refractivity (Wildman–Crippen MR) is 283 cm³/mol. The van der Waals surface area contributed by atoms with Crippen molar-refractivity contribution in [2.45, 2.75) is 122 Å². The van der Waals surface area contributed by atoms with Crippen LogP contribution < -0.4 is 0 Å².